The Balaban J connectivity index is 1.95. The van der Waals surface area contributed by atoms with Crippen molar-refractivity contribution >= 4 is 11.9 Å². The first-order valence-electron chi connectivity index (χ1n) is 8.62. The summed E-state index contributed by atoms with van der Waals surface area (Å²) in [6, 6.07) is 0. The van der Waals surface area contributed by atoms with Gasteiger partial charge in [-0.05, 0) is 19.3 Å². The molecule has 2 aliphatic carbocycles. The number of carbonyl (C=O) groups excluding carboxylic acids is 2. The van der Waals surface area contributed by atoms with E-state index in [0.717, 1.165) is 12.0 Å². The smallest absolute Gasteiger partial charge is 0.334 e. The molecular formula is C19H26O5. The highest BCUT2D eigenvalue weighted by Gasteiger charge is 2.62. The second-order valence-electron chi connectivity index (χ2n) is 7.95. The normalized spacial score (nSPS) is 41.7. The number of aliphatic hydroxyl groups is 1. The third-order valence-electron chi connectivity index (χ3n) is 6.00. The van der Waals surface area contributed by atoms with E-state index in [0.29, 0.717) is 18.4 Å². The van der Waals surface area contributed by atoms with Gasteiger partial charge in [0.2, 0.25) is 0 Å². The van der Waals surface area contributed by atoms with Crippen molar-refractivity contribution in [2.45, 2.75) is 58.3 Å². The lowest BCUT2D eigenvalue weighted by molar-refractivity contribution is -0.184. The first-order valence-corrected chi connectivity index (χ1v) is 8.62. The second kappa shape index (κ2) is 5.73. The fourth-order valence-corrected chi connectivity index (χ4v) is 4.72. The monoisotopic (exact) mass is 334 g/mol. The van der Waals surface area contributed by atoms with E-state index in [4.69, 9.17) is 9.47 Å². The SMILES string of the molecule is C=C1C(=O)OC2C1C(O)CC1(C)C(OC(=O)C(C)C)CCC(=C)C21. The lowest BCUT2D eigenvalue weighted by Gasteiger charge is -2.54. The zero-order chi connectivity index (χ0) is 17.8. The molecule has 3 rings (SSSR count). The van der Waals surface area contributed by atoms with Crippen LogP contribution in [0.3, 0.4) is 0 Å². The van der Waals surface area contributed by atoms with Gasteiger partial charge in [0.1, 0.15) is 12.2 Å². The fourth-order valence-electron chi connectivity index (χ4n) is 4.72. The van der Waals surface area contributed by atoms with E-state index in [1.165, 1.54) is 0 Å². The zero-order valence-electron chi connectivity index (χ0n) is 14.6. The Morgan fingerprint density at radius 3 is 2.71 bits per heavy atom. The second-order valence-corrected chi connectivity index (χ2v) is 7.95. The van der Waals surface area contributed by atoms with E-state index in [-0.39, 0.29) is 23.9 Å². The molecule has 1 heterocycles. The summed E-state index contributed by atoms with van der Waals surface area (Å²) >= 11 is 0. The predicted octanol–water partition coefficient (Wildman–Crippen LogP) is 2.39. The average molecular weight is 334 g/mol. The summed E-state index contributed by atoms with van der Waals surface area (Å²) in [4.78, 5) is 24.1. The van der Waals surface area contributed by atoms with Gasteiger partial charge in [0.25, 0.3) is 0 Å². The number of carbonyl (C=O) groups is 2. The van der Waals surface area contributed by atoms with E-state index < -0.39 is 29.5 Å². The number of ether oxygens (including phenoxy) is 2. The number of hydrogen-bond acceptors (Lipinski definition) is 5. The van der Waals surface area contributed by atoms with Crippen LogP contribution in [-0.4, -0.2) is 35.4 Å². The maximum Gasteiger partial charge on any atom is 0.334 e. The quantitative estimate of drug-likeness (QED) is 0.477. The third-order valence-corrected chi connectivity index (χ3v) is 6.00. The molecule has 1 N–H and O–H groups in total. The van der Waals surface area contributed by atoms with E-state index >= 15 is 0 Å². The topological polar surface area (TPSA) is 72.8 Å². The molecule has 0 amide bonds. The summed E-state index contributed by atoms with van der Waals surface area (Å²) in [6.45, 7) is 13.6. The van der Waals surface area contributed by atoms with Crippen molar-refractivity contribution in [3.05, 3.63) is 24.3 Å². The highest BCUT2D eigenvalue weighted by atomic mass is 16.6. The third kappa shape index (κ3) is 2.41. The van der Waals surface area contributed by atoms with Gasteiger partial charge in [-0.15, -0.1) is 0 Å². The lowest BCUT2D eigenvalue weighted by atomic mass is 9.53. The average Bonchev–Trinajstić information content (AvgIpc) is 2.77. The van der Waals surface area contributed by atoms with Gasteiger partial charge in [-0.1, -0.05) is 39.5 Å². The zero-order valence-corrected chi connectivity index (χ0v) is 14.6. The first-order chi connectivity index (χ1) is 11.2. The highest BCUT2D eigenvalue weighted by molar-refractivity contribution is 5.91. The van der Waals surface area contributed by atoms with Gasteiger partial charge in [-0.3, -0.25) is 4.79 Å². The summed E-state index contributed by atoms with van der Waals surface area (Å²) in [5, 5.41) is 10.7. The van der Waals surface area contributed by atoms with Crippen molar-refractivity contribution in [3.8, 4) is 0 Å². The molecule has 0 spiro atoms. The Bertz CT molecular complexity index is 607. The first kappa shape index (κ1) is 17.2. The molecular weight excluding hydrogens is 308 g/mol. The molecule has 0 aromatic heterocycles. The van der Waals surface area contributed by atoms with Crippen LogP contribution in [0.5, 0.6) is 0 Å². The highest BCUT2D eigenvalue weighted by Crippen LogP contribution is 2.58. The van der Waals surface area contributed by atoms with Gasteiger partial charge >= 0.3 is 11.9 Å². The van der Waals surface area contributed by atoms with Crippen LogP contribution >= 0.6 is 0 Å². The van der Waals surface area contributed by atoms with Gasteiger partial charge < -0.3 is 14.6 Å². The van der Waals surface area contributed by atoms with Crippen LogP contribution in [0.25, 0.3) is 0 Å². The molecule has 6 unspecified atom stereocenters. The molecule has 132 valence electrons. The maximum absolute atomic E-state index is 12.1. The van der Waals surface area contributed by atoms with Crippen molar-refractivity contribution in [1.82, 2.24) is 0 Å². The van der Waals surface area contributed by atoms with Gasteiger partial charge in [-0.25, -0.2) is 4.79 Å². The molecule has 1 saturated heterocycles. The molecule has 6 atom stereocenters. The predicted molar refractivity (Wildman–Crippen MR) is 87.8 cm³/mol. The Morgan fingerprint density at radius 2 is 2.08 bits per heavy atom. The standard InChI is InChI=1S/C19H26O5/c1-9(2)17(21)23-13-7-6-10(3)15-16-14(11(4)18(22)24-16)12(20)8-19(13,15)5/h9,12-16,20H,3-4,6-8H2,1-2,5H3. The molecule has 0 aromatic rings. The summed E-state index contributed by atoms with van der Waals surface area (Å²) in [5.41, 5.74) is 0.841. The molecule has 1 aliphatic heterocycles. The Hall–Kier alpha value is -1.62. The molecule has 3 fully saturated rings. The molecule has 2 saturated carbocycles. The Kier molecular flexibility index (Phi) is 4.11. The maximum atomic E-state index is 12.1. The molecule has 5 heteroatoms. The van der Waals surface area contributed by atoms with Crippen molar-refractivity contribution < 1.29 is 24.2 Å². The van der Waals surface area contributed by atoms with E-state index in [1.54, 1.807) is 13.8 Å². The molecule has 0 bridgehead atoms. The van der Waals surface area contributed by atoms with Crippen LogP contribution < -0.4 is 0 Å². The number of aliphatic hydroxyl groups excluding tert-OH is 1. The van der Waals surface area contributed by atoms with Crippen molar-refractivity contribution in [1.29, 1.82) is 0 Å². The minimum absolute atomic E-state index is 0.132. The van der Waals surface area contributed by atoms with Crippen molar-refractivity contribution in [3.63, 3.8) is 0 Å². The largest absolute Gasteiger partial charge is 0.462 e. The number of rotatable bonds is 2. The summed E-state index contributed by atoms with van der Waals surface area (Å²) in [6.07, 6.45) is 0.325. The Labute approximate surface area is 142 Å². The number of fused-ring (bicyclic) bond motifs is 3. The van der Waals surface area contributed by atoms with Gasteiger partial charge in [0, 0.05) is 16.9 Å². The lowest BCUT2D eigenvalue weighted by Crippen LogP contribution is -2.58. The van der Waals surface area contributed by atoms with Gasteiger partial charge in [0.15, 0.2) is 0 Å². The summed E-state index contributed by atoms with van der Waals surface area (Å²) in [5.74, 6) is -1.42. The van der Waals surface area contributed by atoms with E-state index in [1.807, 2.05) is 6.92 Å². The summed E-state index contributed by atoms with van der Waals surface area (Å²) in [7, 11) is 0. The minimum Gasteiger partial charge on any atom is -0.462 e. The van der Waals surface area contributed by atoms with Crippen LogP contribution in [0.2, 0.25) is 0 Å². The van der Waals surface area contributed by atoms with Gasteiger partial charge in [-0.2, -0.15) is 0 Å². The number of hydrogen-bond donors (Lipinski definition) is 1. The molecule has 24 heavy (non-hydrogen) atoms. The number of esters is 2. The van der Waals surface area contributed by atoms with Crippen LogP contribution in [0, 0.1) is 23.2 Å². The summed E-state index contributed by atoms with van der Waals surface area (Å²) < 4.78 is 11.3. The molecule has 0 aromatic carbocycles. The molecule has 3 aliphatic rings. The van der Waals surface area contributed by atoms with Crippen LogP contribution in [0.4, 0.5) is 0 Å². The van der Waals surface area contributed by atoms with E-state index in [9.17, 15) is 14.7 Å². The van der Waals surface area contributed by atoms with Gasteiger partial charge in [0.05, 0.1) is 17.9 Å². The van der Waals surface area contributed by atoms with E-state index in [2.05, 4.69) is 13.2 Å². The fraction of sp³-hybridized carbons (Fsp3) is 0.684. The van der Waals surface area contributed by atoms with Crippen LogP contribution in [0.1, 0.15) is 40.0 Å². The molecule has 5 nitrogen and oxygen atoms in total. The Morgan fingerprint density at radius 1 is 1.42 bits per heavy atom. The molecule has 0 radical (unpaired) electrons. The van der Waals surface area contributed by atoms with Crippen molar-refractivity contribution in [2.75, 3.05) is 0 Å². The van der Waals surface area contributed by atoms with Crippen LogP contribution in [-0.2, 0) is 19.1 Å². The van der Waals surface area contributed by atoms with Crippen molar-refractivity contribution in [2.24, 2.45) is 23.2 Å². The van der Waals surface area contributed by atoms with Crippen LogP contribution in [0.15, 0.2) is 24.3 Å². The minimum atomic E-state index is -0.735.